The van der Waals surface area contributed by atoms with Crippen molar-refractivity contribution in [2.45, 2.75) is 39.8 Å². The monoisotopic (exact) mass is 325 g/mol. The van der Waals surface area contributed by atoms with Gasteiger partial charge in [0.05, 0.1) is 17.9 Å². The molecule has 0 aliphatic rings. The van der Waals surface area contributed by atoms with Crippen molar-refractivity contribution in [3.05, 3.63) is 44.0 Å². The van der Waals surface area contributed by atoms with E-state index in [0.717, 1.165) is 6.42 Å². The minimum absolute atomic E-state index is 0.143. The predicted octanol–water partition coefficient (Wildman–Crippen LogP) is 4.18. The molecule has 0 fully saturated rings. The molecular formula is C15H20ClN3OS. The van der Waals surface area contributed by atoms with Gasteiger partial charge < -0.3 is 5.32 Å². The molecule has 0 spiro atoms. The van der Waals surface area contributed by atoms with Crippen LogP contribution in [-0.2, 0) is 6.54 Å². The lowest BCUT2D eigenvalue weighted by Crippen LogP contribution is -2.26. The van der Waals surface area contributed by atoms with Gasteiger partial charge in [0.15, 0.2) is 0 Å². The molecule has 4 nitrogen and oxygen atoms in total. The van der Waals surface area contributed by atoms with Gasteiger partial charge >= 0.3 is 0 Å². The molecule has 114 valence electrons. The second-order valence-corrected chi connectivity index (χ2v) is 6.73. The summed E-state index contributed by atoms with van der Waals surface area (Å²) in [5.41, 5.74) is 0.360. The lowest BCUT2D eigenvalue weighted by molar-refractivity contribution is 0.464. The summed E-state index contributed by atoms with van der Waals surface area (Å²) >= 11 is 7.90. The van der Waals surface area contributed by atoms with Crippen LogP contribution in [0.2, 0.25) is 5.02 Å². The lowest BCUT2D eigenvalue weighted by atomic mass is 10.2. The molecule has 1 N–H and O–H groups in total. The number of nitrogens with zero attached hydrogens (tertiary/aromatic N) is 2. The normalized spacial score (nSPS) is 12.6. The quantitative estimate of drug-likeness (QED) is 0.866. The Morgan fingerprint density at radius 2 is 2.24 bits per heavy atom. The van der Waals surface area contributed by atoms with E-state index in [1.165, 1.54) is 9.56 Å². The number of nitrogens with one attached hydrogen (secondary N) is 1. The molecule has 0 amide bonds. The Hall–Kier alpha value is -1.33. The molecule has 2 aromatic heterocycles. The fraction of sp³-hybridized carbons (Fsp3) is 0.467. The SMILES string of the molecule is CCC(Nc1cnn(CC(C)C)c(=O)c1Cl)c1cccs1. The number of anilines is 1. The van der Waals surface area contributed by atoms with Crippen molar-refractivity contribution in [2.24, 2.45) is 5.92 Å². The lowest BCUT2D eigenvalue weighted by Gasteiger charge is -2.18. The Morgan fingerprint density at radius 3 is 2.81 bits per heavy atom. The first kappa shape index (κ1) is 16.0. The summed E-state index contributed by atoms with van der Waals surface area (Å²) in [5, 5.41) is 9.78. The molecule has 2 heterocycles. The van der Waals surface area contributed by atoms with Crippen LogP contribution in [-0.4, -0.2) is 9.78 Å². The average molecular weight is 326 g/mol. The van der Waals surface area contributed by atoms with E-state index in [-0.39, 0.29) is 16.6 Å². The van der Waals surface area contributed by atoms with Gasteiger partial charge in [-0.15, -0.1) is 11.3 Å². The summed E-state index contributed by atoms with van der Waals surface area (Å²) in [6.07, 6.45) is 2.55. The zero-order valence-electron chi connectivity index (χ0n) is 12.5. The average Bonchev–Trinajstić information content (AvgIpc) is 2.97. The maximum Gasteiger partial charge on any atom is 0.287 e. The van der Waals surface area contributed by atoms with Crippen LogP contribution in [0.4, 0.5) is 5.69 Å². The topological polar surface area (TPSA) is 46.9 Å². The van der Waals surface area contributed by atoms with Crippen molar-refractivity contribution in [1.29, 1.82) is 0 Å². The van der Waals surface area contributed by atoms with Gasteiger partial charge in [0.1, 0.15) is 5.02 Å². The molecule has 6 heteroatoms. The molecule has 0 aliphatic carbocycles. The second kappa shape index (κ2) is 7.09. The third-order valence-corrected chi connectivity index (χ3v) is 4.50. The Morgan fingerprint density at radius 1 is 1.48 bits per heavy atom. The first-order chi connectivity index (χ1) is 10.0. The third kappa shape index (κ3) is 3.86. The van der Waals surface area contributed by atoms with Gasteiger partial charge in [0, 0.05) is 11.4 Å². The molecule has 0 saturated carbocycles. The summed E-state index contributed by atoms with van der Waals surface area (Å²) in [6.45, 7) is 6.75. The van der Waals surface area contributed by atoms with E-state index in [0.29, 0.717) is 18.2 Å². The maximum absolute atomic E-state index is 12.2. The summed E-state index contributed by atoms with van der Waals surface area (Å²) < 4.78 is 1.42. The van der Waals surface area contributed by atoms with Gasteiger partial charge in [-0.25, -0.2) is 4.68 Å². The van der Waals surface area contributed by atoms with Crippen LogP contribution < -0.4 is 10.9 Å². The van der Waals surface area contributed by atoms with Crippen molar-refractivity contribution < 1.29 is 0 Å². The molecule has 0 saturated heterocycles. The van der Waals surface area contributed by atoms with E-state index < -0.39 is 0 Å². The number of thiophene rings is 1. The maximum atomic E-state index is 12.2. The van der Waals surface area contributed by atoms with Gasteiger partial charge in [-0.05, 0) is 23.8 Å². The second-order valence-electron chi connectivity index (χ2n) is 5.37. The van der Waals surface area contributed by atoms with E-state index in [1.807, 2.05) is 25.3 Å². The molecule has 0 aliphatic heterocycles. The Labute approximate surface area is 133 Å². The van der Waals surface area contributed by atoms with Crippen molar-refractivity contribution in [2.75, 3.05) is 5.32 Å². The number of aromatic nitrogens is 2. The van der Waals surface area contributed by atoms with Crippen LogP contribution in [0.25, 0.3) is 0 Å². The van der Waals surface area contributed by atoms with E-state index in [2.05, 4.69) is 23.4 Å². The highest BCUT2D eigenvalue weighted by Gasteiger charge is 2.15. The first-order valence-corrected chi connectivity index (χ1v) is 8.34. The van der Waals surface area contributed by atoms with Crippen LogP contribution in [0.15, 0.2) is 28.5 Å². The summed E-state index contributed by atoms with van der Waals surface area (Å²) in [4.78, 5) is 13.4. The van der Waals surface area contributed by atoms with Crippen LogP contribution in [0, 0.1) is 5.92 Å². The predicted molar refractivity (Wildman–Crippen MR) is 89.3 cm³/mol. The standard InChI is InChI=1S/C15H20ClN3OS/c1-4-11(13-6-5-7-21-13)18-12-8-17-19(9-10(2)3)15(20)14(12)16/h5-8,10-11,18H,4,9H2,1-3H3. The molecular weight excluding hydrogens is 306 g/mol. The Balaban J connectivity index is 2.25. The van der Waals surface area contributed by atoms with Crippen molar-refractivity contribution in [3.8, 4) is 0 Å². The molecule has 1 unspecified atom stereocenters. The smallest absolute Gasteiger partial charge is 0.287 e. The summed E-state index contributed by atoms with van der Waals surface area (Å²) in [7, 11) is 0. The highest BCUT2D eigenvalue weighted by Crippen LogP contribution is 2.28. The fourth-order valence-electron chi connectivity index (χ4n) is 2.09. The molecule has 1 atom stereocenters. The molecule has 2 aromatic rings. The summed E-state index contributed by atoms with van der Waals surface area (Å²) in [6, 6.07) is 4.24. The zero-order valence-corrected chi connectivity index (χ0v) is 14.0. The van der Waals surface area contributed by atoms with Gasteiger partial charge in [-0.2, -0.15) is 5.10 Å². The number of hydrogen-bond acceptors (Lipinski definition) is 4. The minimum atomic E-state index is -0.239. The van der Waals surface area contributed by atoms with Gasteiger partial charge in [0.2, 0.25) is 0 Å². The van der Waals surface area contributed by atoms with Crippen LogP contribution >= 0.6 is 22.9 Å². The molecule has 0 aromatic carbocycles. The van der Waals surface area contributed by atoms with Crippen LogP contribution in [0.5, 0.6) is 0 Å². The third-order valence-electron chi connectivity index (χ3n) is 3.15. The highest BCUT2D eigenvalue weighted by molar-refractivity contribution is 7.10. The zero-order chi connectivity index (χ0) is 15.4. The molecule has 2 rings (SSSR count). The van der Waals surface area contributed by atoms with Gasteiger partial charge in [-0.3, -0.25) is 4.79 Å². The van der Waals surface area contributed by atoms with Crippen molar-refractivity contribution >= 4 is 28.6 Å². The highest BCUT2D eigenvalue weighted by atomic mass is 35.5. The molecule has 21 heavy (non-hydrogen) atoms. The Kier molecular flexibility index (Phi) is 5.42. The molecule has 0 radical (unpaired) electrons. The minimum Gasteiger partial charge on any atom is -0.375 e. The first-order valence-electron chi connectivity index (χ1n) is 7.08. The molecule has 0 bridgehead atoms. The van der Waals surface area contributed by atoms with Gasteiger partial charge in [0.25, 0.3) is 5.56 Å². The fourth-order valence-corrected chi connectivity index (χ4v) is 3.16. The number of halogens is 1. The Bertz CT molecular complexity index is 637. The van der Waals surface area contributed by atoms with Gasteiger partial charge in [-0.1, -0.05) is 38.4 Å². The van der Waals surface area contributed by atoms with Crippen molar-refractivity contribution in [1.82, 2.24) is 9.78 Å². The van der Waals surface area contributed by atoms with Crippen molar-refractivity contribution in [3.63, 3.8) is 0 Å². The van der Waals surface area contributed by atoms with E-state index >= 15 is 0 Å². The van der Waals surface area contributed by atoms with E-state index in [1.54, 1.807) is 17.5 Å². The number of hydrogen-bond donors (Lipinski definition) is 1. The van der Waals surface area contributed by atoms with Crippen LogP contribution in [0.1, 0.15) is 38.1 Å². The van der Waals surface area contributed by atoms with E-state index in [9.17, 15) is 4.79 Å². The largest absolute Gasteiger partial charge is 0.375 e. The van der Waals surface area contributed by atoms with Crippen LogP contribution in [0.3, 0.4) is 0 Å². The number of rotatable bonds is 6. The summed E-state index contributed by atoms with van der Waals surface area (Å²) in [5.74, 6) is 0.347. The van der Waals surface area contributed by atoms with E-state index in [4.69, 9.17) is 11.6 Å².